The SMILES string of the molecule is C[C@H](Oc1ccccc1C(F)(F)F)C(=O)N[C@H](CO)CC(C)(C)C. The van der Waals surface area contributed by atoms with Gasteiger partial charge >= 0.3 is 6.18 Å². The number of benzene rings is 1. The lowest BCUT2D eigenvalue weighted by Crippen LogP contribution is -2.45. The Kier molecular flexibility index (Phi) is 6.66. The zero-order valence-electron chi connectivity index (χ0n) is 14.3. The standard InChI is InChI=1S/C17H24F3NO3/c1-11(15(23)21-12(10-22)9-16(2,3)4)24-14-8-6-5-7-13(14)17(18,19)20/h5-8,11-12,22H,9-10H2,1-4H3,(H,21,23)/t11-,12-/m0/s1. The molecule has 7 heteroatoms. The van der Waals surface area contributed by atoms with Gasteiger partial charge < -0.3 is 15.2 Å². The third kappa shape index (κ3) is 6.39. The van der Waals surface area contributed by atoms with Crippen LogP contribution in [0.1, 0.15) is 39.7 Å². The van der Waals surface area contributed by atoms with E-state index in [4.69, 9.17) is 4.74 Å². The van der Waals surface area contributed by atoms with Gasteiger partial charge in [-0.25, -0.2) is 0 Å². The molecule has 0 bridgehead atoms. The summed E-state index contributed by atoms with van der Waals surface area (Å²) in [6.45, 7) is 6.99. The van der Waals surface area contributed by atoms with Gasteiger partial charge in [-0.15, -0.1) is 0 Å². The molecule has 4 nitrogen and oxygen atoms in total. The van der Waals surface area contributed by atoms with Crippen molar-refractivity contribution in [2.24, 2.45) is 5.41 Å². The summed E-state index contributed by atoms with van der Waals surface area (Å²) >= 11 is 0. The van der Waals surface area contributed by atoms with Crippen molar-refractivity contribution in [2.45, 2.75) is 52.4 Å². The maximum absolute atomic E-state index is 12.9. The molecule has 0 spiro atoms. The molecule has 0 radical (unpaired) electrons. The number of nitrogens with one attached hydrogen (secondary N) is 1. The maximum Gasteiger partial charge on any atom is 0.419 e. The van der Waals surface area contributed by atoms with Crippen LogP contribution in [0.2, 0.25) is 0 Å². The first-order chi connectivity index (χ1) is 10.9. The van der Waals surface area contributed by atoms with Crippen molar-refractivity contribution >= 4 is 5.91 Å². The fourth-order valence-corrected chi connectivity index (χ4v) is 2.27. The molecule has 1 aromatic carbocycles. The Morgan fingerprint density at radius 3 is 2.33 bits per heavy atom. The average molecular weight is 347 g/mol. The van der Waals surface area contributed by atoms with Crippen LogP contribution in [0.25, 0.3) is 0 Å². The molecule has 0 aliphatic carbocycles. The second-order valence-electron chi connectivity index (χ2n) is 6.91. The molecule has 0 aromatic heterocycles. The molecule has 0 heterocycles. The lowest BCUT2D eigenvalue weighted by molar-refractivity contribution is -0.140. The third-order valence-electron chi connectivity index (χ3n) is 3.29. The highest BCUT2D eigenvalue weighted by Crippen LogP contribution is 2.36. The van der Waals surface area contributed by atoms with E-state index < -0.39 is 35.5 Å². The molecule has 0 aliphatic heterocycles. The van der Waals surface area contributed by atoms with E-state index in [1.54, 1.807) is 0 Å². The van der Waals surface area contributed by atoms with Gasteiger partial charge in [0.2, 0.25) is 0 Å². The molecular formula is C17H24F3NO3. The number of hydrogen-bond donors (Lipinski definition) is 2. The highest BCUT2D eigenvalue weighted by molar-refractivity contribution is 5.81. The van der Waals surface area contributed by atoms with E-state index >= 15 is 0 Å². The van der Waals surface area contributed by atoms with E-state index in [-0.39, 0.29) is 12.0 Å². The van der Waals surface area contributed by atoms with Gasteiger partial charge in [-0.1, -0.05) is 32.9 Å². The van der Waals surface area contributed by atoms with Crippen molar-refractivity contribution in [2.75, 3.05) is 6.61 Å². The molecule has 1 amide bonds. The van der Waals surface area contributed by atoms with E-state index in [1.165, 1.54) is 25.1 Å². The number of carbonyl (C=O) groups excluding carboxylic acids is 1. The Morgan fingerprint density at radius 1 is 1.25 bits per heavy atom. The van der Waals surface area contributed by atoms with Crippen molar-refractivity contribution < 1.29 is 27.8 Å². The lowest BCUT2D eigenvalue weighted by atomic mass is 9.88. The van der Waals surface area contributed by atoms with Crippen molar-refractivity contribution in [1.29, 1.82) is 0 Å². The minimum Gasteiger partial charge on any atom is -0.480 e. The molecule has 2 N–H and O–H groups in total. The van der Waals surface area contributed by atoms with Gasteiger partial charge in [-0.2, -0.15) is 13.2 Å². The highest BCUT2D eigenvalue weighted by Gasteiger charge is 2.35. The smallest absolute Gasteiger partial charge is 0.419 e. The zero-order valence-corrected chi connectivity index (χ0v) is 14.3. The van der Waals surface area contributed by atoms with Gasteiger partial charge in [-0.05, 0) is 30.9 Å². The summed E-state index contributed by atoms with van der Waals surface area (Å²) in [6.07, 6.45) is -5.16. The van der Waals surface area contributed by atoms with Crippen molar-refractivity contribution in [3.8, 4) is 5.75 Å². The van der Waals surface area contributed by atoms with Gasteiger partial charge in [0.05, 0.1) is 18.2 Å². The van der Waals surface area contributed by atoms with Crippen LogP contribution >= 0.6 is 0 Å². The normalized spacial score (nSPS) is 14.8. The van der Waals surface area contributed by atoms with Gasteiger partial charge in [0.15, 0.2) is 6.10 Å². The molecule has 1 aromatic rings. The monoisotopic (exact) mass is 347 g/mol. The molecule has 0 saturated heterocycles. The number of hydrogen-bond acceptors (Lipinski definition) is 3. The third-order valence-corrected chi connectivity index (χ3v) is 3.29. The van der Waals surface area contributed by atoms with Gasteiger partial charge in [-0.3, -0.25) is 4.79 Å². The van der Waals surface area contributed by atoms with Gasteiger partial charge in [0.25, 0.3) is 5.91 Å². The topological polar surface area (TPSA) is 58.6 Å². The number of aliphatic hydroxyl groups excluding tert-OH is 1. The van der Waals surface area contributed by atoms with Crippen LogP contribution in [0.5, 0.6) is 5.75 Å². The van der Waals surface area contributed by atoms with Crippen LogP contribution in [0, 0.1) is 5.41 Å². The van der Waals surface area contributed by atoms with Gasteiger partial charge in [0, 0.05) is 0 Å². The summed E-state index contributed by atoms with van der Waals surface area (Å²) in [7, 11) is 0. The molecule has 0 fully saturated rings. The molecule has 24 heavy (non-hydrogen) atoms. The Hall–Kier alpha value is -1.76. The van der Waals surface area contributed by atoms with Crippen LogP contribution in [-0.2, 0) is 11.0 Å². The quantitative estimate of drug-likeness (QED) is 0.829. The number of aliphatic hydroxyl groups is 1. The molecule has 0 saturated carbocycles. The number of halogens is 3. The molecule has 1 rings (SSSR count). The number of para-hydroxylation sites is 1. The maximum atomic E-state index is 12.9. The molecule has 2 atom stereocenters. The van der Waals surface area contributed by atoms with Crippen molar-refractivity contribution in [3.05, 3.63) is 29.8 Å². The predicted octanol–water partition coefficient (Wildman–Crippen LogP) is 3.39. The van der Waals surface area contributed by atoms with Crippen LogP contribution in [0.4, 0.5) is 13.2 Å². The average Bonchev–Trinajstić information content (AvgIpc) is 2.44. The van der Waals surface area contributed by atoms with E-state index in [1.807, 2.05) is 20.8 Å². The summed E-state index contributed by atoms with van der Waals surface area (Å²) in [5, 5.41) is 12.0. The van der Waals surface area contributed by atoms with Gasteiger partial charge in [0.1, 0.15) is 5.75 Å². The molecule has 0 aliphatic rings. The van der Waals surface area contributed by atoms with Crippen LogP contribution in [0.15, 0.2) is 24.3 Å². The Balaban J connectivity index is 2.78. The largest absolute Gasteiger partial charge is 0.480 e. The second kappa shape index (κ2) is 7.88. The van der Waals surface area contributed by atoms with E-state index in [0.717, 1.165) is 6.07 Å². The second-order valence-corrected chi connectivity index (χ2v) is 6.91. The first kappa shape index (κ1) is 20.3. The van der Waals surface area contributed by atoms with Crippen LogP contribution in [-0.4, -0.2) is 29.8 Å². The van der Waals surface area contributed by atoms with Crippen LogP contribution in [0.3, 0.4) is 0 Å². The van der Waals surface area contributed by atoms with Crippen LogP contribution < -0.4 is 10.1 Å². The summed E-state index contributed by atoms with van der Waals surface area (Å²) in [5.41, 5.74) is -1.05. The molecule has 136 valence electrons. The van der Waals surface area contributed by atoms with Crippen molar-refractivity contribution in [3.63, 3.8) is 0 Å². The molecule has 0 unspecified atom stereocenters. The Labute approximate surface area is 140 Å². The Morgan fingerprint density at radius 2 is 1.83 bits per heavy atom. The number of carbonyl (C=O) groups is 1. The summed E-state index contributed by atoms with van der Waals surface area (Å²) < 4.78 is 44.0. The minimum absolute atomic E-state index is 0.117. The van der Waals surface area contributed by atoms with Crippen molar-refractivity contribution in [1.82, 2.24) is 5.32 Å². The first-order valence-corrected chi connectivity index (χ1v) is 7.68. The summed E-state index contributed by atoms with van der Waals surface area (Å²) in [5.74, 6) is -0.973. The predicted molar refractivity (Wildman–Crippen MR) is 84.6 cm³/mol. The first-order valence-electron chi connectivity index (χ1n) is 7.68. The zero-order chi connectivity index (χ0) is 18.5. The number of amides is 1. The summed E-state index contributed by atoms with van der Waals surface area (Å²) in [6, 6.07) is 4.25. The van der Waals surface area contributed by atoms with E-state index in [0.29, 0.717) is 6.42 Å². The molecular weight excluding hydrogens is 323 g/mol. The summed E-state index contributed by atoms with van der Waals surface area (Å²) in [4.78, 5) is 12.1. The Bertz CT molecular complexity index is 553. The lowest BCUT2D eigenvalue weighted by Gasteiger charge is -2.27. The fraction of sp³-hybridized carbons (Fsp3) is 0.588. The highest BCUT2D eigenvalue weighted by atomic mass is 19.4. The minimum atomic E-state index is -4.56. The fourth-order valence-electron chi connectivity index (χ4n) is 2.27. The van der Waals surface area contributed by atoms with E-state index in [9.17, 15) is 23.1 Å². The number of alkyl halides is 3. The number of rotatable bonds is 6. The van der Waals surface area contributed by atoms with E-state index in [2.05, 4.69) is 5.32 Å². The number of ether oxygens (including phenoxy) is 1.